The molecule has 0 radical (unpaired) electrons. The second kappa shape index (κ2) is 9.63. The van der Waals surface area contributed by atoms with E-state index in [4.69, 9.17) is 5.73 Å². The maximum Gasteiger partial charge on any atom is 0.251 e. The van der Waals surface area contributed by atoms with E-state index in [1.54, 1.807) is 0 Å². The average molecular weight is 424 g/mol. The number of fused-ring (bicyclic) bond motifs is 2. The first kappa shape index (κ1) is 21.7. The Kier molecular flexibility index (Phi) is 6.95. The van der Waals surface area contributed by atoms with E-state index in [1.807, 2.05) is 60.7 Å². The number of nitrogens with one attached hydrogen (secondary N) is 2. The first-order valence-corrected chi connectivity index (χ1v) is 10.0. The number of hydrogen-bond acceptors (Lipinski definition) is 3. The van der Waals surface area contributed by atoms with Crippen molar-refractivity contribution < 1.29 is 9.59 Å². The van der Waals surface area contributed by atoms with Crippen LogP contribution in [0, 0.1) is 0 Å². The van der Waals surface area contributed by atoms with Gasteiger partial charge in [-0.3, -0.25) is 9.59 Å². The van der Waals surface area contributed by atoms with Crippen molar-refractivity contribution in [3.8, 4) is 0 Å². The van der Waals surface area contributed by atoms with Crippen LogP contribution in [-0.4, -0.2) is 18.4 Å². The van der Waals surface area contributed by atoms with E-state index < -0.39 is 0 Å². The molecule has 3 aromatic rings. The molecule has 3 aromatic carbocycles. The lowest BCUT2D eigenvalue weighted by Gasteiger charge is -2.26. The number of halogens is 1. The van der Waals surface area contributed by atoms with Gasteiger partial charge in [0.25, 0.3) is 5.91 Å². The molecule has 0 fully saturated rings. The van der Waals surface area contributed by atoms with E-state index >= 15 is 0 Å². The lowest BCUT2D eigenvalue weighted by atomic mass is 9.87. The van der Waals surface area contributed by atoms with Crippen molar-refractivity contribution in [3.63, 3.8) is 0 Å². The van der Waals surface area contributed by atoms with Crippen LogP contribution in [-0.2, 0) is 11.2 Å². The summed E-state index contributed by atoms with van der Waals surface area (Å²) in [5, 5.41) is 8.06. The zero-order valence-corrected chi connectivity index (χ0v) is 17.5. The van der Waals surface area contributed by atoms with Crippen LogP contribution in [0.5, 0.6) is 0 Å². The van der Waals surface area contributed by atoms with Gasteiger partial charge in [-0.1, -0.05) is 36.4 Å². The van der Waals surface area contributed by atoms with Crippen LogP contribution in [0.1, 0.15) is 46.8 Å². The van der Waals surface area contributed by atoms with Gasteiger partial charge in [-0.15, -0.1) is 12.4 Å². The van der Waals surface area contributed by atoms with Crippen LogP contribution in [0.4, 0.5) is 5.69 Å². The minimum atomic E-state index is -0.165. The molecule has 0 saturated heterocycles. The van der Waals surface area contributed by atoms with E-state index in [-0.39, 0.29) is 36.7 Å². The molecule has 0 heterocycles. The molecule has 4 N–H and O–H groups in total. The monoisotopic (exact) mass is 423 g/mol. The minimum Gasteiger partial charge on any atom is -0.399 e. The van der Waals surface area contributed by atoms with Crippen LogP contribution >= 0.6 is 12.4 Å². The molecule has 0 bridgehead atoms. The normalized spacial score (nSPS) is 15.0. The molecule has 30 heavy (non-hydrogen) atoms. The Morgan fingerprint density at radius 3 is 2.63 bits per heavy atom. The van der Waals surface area contributed by atoms with Crippen LogP contribution in [0.2, 0.25) is 0 Å². The van der Waals surface area contributed by atoms with Crippen molar-refractivity contribution in [1.29, 1.82) is 0 Å². The number of nitrogens with two attached hydrogens (primary N) is 1. The van der Waals surface area contributed by atoms with E-state index in [9.17, 15) is 9.59 Å². The topological polar surface area (TPSA) is 84.2 Å². The molecular weight excluding hydrogens is 398 g/mol. The molecule has 0 aliphatic heterocycles. The predicted molar refractivity (Wildman–Crippen MR) is 123 cm³/mol. The third-order valence-electron chi connectivity index (χ3n) is 5.47. The van der Waals surface area contributed by atoms with E-state index in [0.29, 0.717) is 12.1 Å². The maximum absolute atomic E-state index is 12.4. The van der Waals surface area contributed by atoms with Gasteiger partial charge in [0.15, 0.2) is 0 Å². The number of aryl methyl sites for hydroxylation is 1. The smallest absolute Gasteiger partial charge is 0.251 e. The lowest BCUT2D eigenvalue weighted by Crippen LogP contribution is -2.34. The molecule has 2 amide bonds. The average Bonchev–Trinajstić information content (AvgIpc) is 2.73. The van der Waals surface area contributed by atoms with Gasteiger partial charge in [0.05, 0.1) is 6.04 Å². The zero-order chi connectivity index (χ0) is 20.2. The van der Waals surface area contributed by atoms with Crippen LogP contribution in [0.15, 0.2) is 60.7 Å². The quantitative estimate of drug-likeness (QED) is 0.539. The molecule has 1 aliphatic rings. The van der Waals surface area contributed by atoms with Gasteiger partial charge in [-0.25, -0.2) is 0 Å². The summed E-state index contributed by atoms with van der Waals surface area (Å²) in [6, 6.07) is 19.4. The van der Waals surface area contributed by atoms with E-state index in [2.05, 4.69) is 10.6 Å². The van der Waals surface area contributed by atoms with Crippen LogP contribution in [0.3, 0.4) is 0 Å². The summed E-state index contributed by atoms with van der Waals surface area (Å²) >= 11 is 0. The standard InChI is InChI=1S/C24H25N3O2.ClH/c25-20-10-11-21-18(15-20)6-3-7-22(21)27-23(28)12-13-26-24(29)19-9-8-16-4-1-2-5-17(16)14-19;/h1-2,4-5,8-11,14-15,22H,3,6-7,12-13,25H2,(H,26,29)(H,27,28);1H. The summed E-state index contributed by atoms with van der Waals surface area (Å²) in [6.45, 7) is 0.304. The van der Waals surface area contributed by atoms with Crippen molar-refractivity contribution in [2.45, 2.75) is 31.7 Å². The number of amides is 2. The highest BCUT2D eigenvalue weighted by molar-refractivity contribution is 5.98. The molecule has 4 rings (SSSR count). The first-order chi connectivity index (χ1) is 14.1. The Balaban J connectivity index is 0.00000256. The van der Waals surface area contributed by atoms with Crippen molar-refractivity contribution in [2.24, 2.45) is 0 Å². The molecule has 1 unspecified atom stereocenters. The highest BCUT2D eigenvalue weighted by Crippen LogP contribution is 2.31. The highest BCUT2D eigenvalue weighted by Gasteiger charge is 2.21. The second-order valence-corrected chi connectivity index (χ2v) is 7.54. The maximum atomic E-state index is 12.4. The number of hydrogen-bond donors (Lipinski definition) is 3. The fourth-order valence-corrected chi connectivity index (χ4v) is 3.97. The van der Waals surface area contributed by atoms with Gasteiger partial charge in [0.1, 0.15) is 0 Å². The fourth-order valence-electron chi connectivity index (χ4n) is 3.97. The van der Waals surface area contributed by atoms with Crippen molar-refractivity contribution >= 4 is 40.7 Å². The number of rotatable bonds is 5. The number of nitrogen functional groups attached to an aromatic ring is 1. The van der Waals surface area contributed by atoms with Crippen LogP contribution < -0.4 is 16.4 Å². The molecule has 6 heteroatoms. The van der Waals surface area contributed by atoms with E-state index in [1.165, 1.54) is 5.56 Å². The zero-order valence-electron chi connectivity index (χ0n) is 16.7. The summed E-state index contributed by atoms with van der Waals surface area (Å²) in [5.41, 5.74) is 9.60. The summed E-state index contributed by atoms with van der Waals surface area (Å²) < 4.78 is 0. The molecule has 0 aromatic heterocycles. The third-order valence-corrected chi connectivity index (χ3v) is 5.47. The molecule has 5 nitrogen and oxygen atoms in total. The van der Waals surface area contributed by atoms with Crippen molar-refractivity contribution in [2.75, 3.05) is 12.3 Å². The number of anilines is 1. The van der Waals surface area contributed by atoms with Gasteiger partial charge in [-0.2, -0.15) is 0 Å². The fraction of sp³-hybridized carbons (Fsp3) is 0.250. The Labute approximate surface area is 182 Å². The predicted octanol–water partition coefficient (Wildman–Crippen LogP) is 4.16. The Bertz CT molecular complexity index is 1070. The van der Waals surface area contributed by atoms with Gasteiger partial charge in [0, 0.05) is 24.2 Å². The number of carbonyl (C=O) groups is 2. The molecule has 156 valence electrons. The molecular formula is C24H26ClN3O2. The molecule has 0 saturated carbocycles. The summed E-state index contributed by atoms with van der Waals surface area (Å²) in [7, 11) is 0. The Morgan fingerprint density at radius 1 is 1.00 bits per heavy atom. The SMILES string of the molecule is Cl.Nc1ccc2c(c1)CCCC2NC(=O)CCNC(=O)c1ccc2ccccc2c1. The van der Waals surface area contributed by atoms with Crippen molar-refractivity contribution in [1.82, 2.24) is 10.6 Å². The van der Waals surface area contributed by atoms with Gasteiger partial charge in [0.2, 0.25) is 5.91 Å². The summed E-state index contributed by atoms with van der Waals surface area (Å²) in [4.78, 5) is 24.8. The molecule has 1 aliphatic carbocycles. The van der Waals surface area contributed by atoms with Gasteiger partial charge in [-0.05, 0) is 65.4 Å². The largest absolute Gasteiger partial charge is 0.399 e. The van der Waals surface area contributed by atoms with E-state index in [0.717, 1.165) is 41.3 Å². The third kappa shape index (κ3) is 4.92. The van der Waals surface area contributed by atoms with Crippen molar-refractivity contribution in [3.05, 3.63) is 77.4 Å². The summed E-state index contributed by atoms with van der Waals surface area (Å²) in [5.74, 6) is -0.222. The van der Waals surface area contributed by atoms with Gasteiger partial charge < -0.3 is 16.4 Å². The molecule has 0 spiro atoms. The highest BCUT2D eigenvalue weighted by atomic mass is 35.5. The first-order valence-electron chi connectivity index (χ1n) is 10.0. The Morgan fingerprint density at radius 2 is 1.80 bits per heavy atom. The number of carbonyl (C=O) groups excluding carboxylic acids is 2. The second-order valence-electron chi connectivity index (χ2n) is 7.54. The van der Waals surface area contributed by atoms with Crippen LogP contribution in [0.25, 0.3) is 10.8 Å². The summed E-state index contributed by atoms with van der Waals surface area (Å²) in [6.07, 6.45) is 3.20. The number of benzene rings is 3. The Hall–Kier alpha value is -3.05. The van der Waals surface area contributed by atoms with Gasteiger partial charge >= 0.3 is 0 Å². The minimum absolute atomic E-state index is 0. The lowest BCUT2D eigenvalue weighted by molar-refractivity contribution is -0.121. The molecule has 1 atom stereocenters.